The minimum absolute atomic E-state index is 0.124. The largest absolute Gasteiger partial charge is 0.349 e. The summed E-state index contributed by atoms with van der Waals surface area (Å²) in [5, 5.41) is 11.9. The number of nitriles is 1. The number of ether oxygens (including phenoxy) is 2. The third-order valence-corrected chi connectivity index (χ3v) is 4.15. The van der Waals surface area contributed by atoms with Crippen LogP contribution in [-0.4, -0.2) is 30.9 Å². The molecule has 21 heavy (non-hydrogen) atoms. The lowest BCUT2D eigenvalue weighted by atomic mass is 9.90. The van der Waals surface area contributed by atoms with E-state index in [9.17, 15) is 4.79 Å². The fourth-order valence-corrected chi connectivity index (χ4v) is 2.99. The van der Waals surface area contributed by atoms with Gasteiger partial charge in [-0.3, -0.25) is 4.79 Å². The Bertz CT molecular complexity index is 563. The van der Waals surface area contributed by atoms with E-state index in [2.05, 4.69) is 5.32 Å². The van der Waals surface area contributed by atoms with Crippen molar-refractivity contribution >= 4 is 5.91 Å². The minimum atomic E-state index is -0.401. The normalized spacial score (nSPS) is 21.1. The van der Waals surface area contributed by atoms with Crippen molar-refractivity contribution in [2.24, 2.45) is 0 Å². The van der Waals surface area contributed by atoms with E-state index in [1.165, 1.54) is 0 Å². The molecule has 1 spiro atoms. The van der Waals surface area contributed by atoms with Crippen molar-refractivity contribution in [3.05, 3.63) is 35.4 Å². The van der Waals surface area contributed by atoms with E-state index in [1.807, 2.05) is 6.07 Å². The molecular formula is C16H18N2O3. The van der Waals surface area contributed by atoms with Crippen molar-refractivity contribution in [3.8, 4) is 6.07 Å². The molecule has 5 nitrogen and oxygen atoms in total. The molecule has 110 valence electrons. The van der Waals surface area contributed by atoms with Gasteiger partial charge in [0.15, 0.2) is 5.79 Å². The van der Waals surface area contributed by atoms with Gasteiger partial charge in [0, 0.05) is 24.4 Å². The molecule has 1 heterocycles. The number of carbonyl (C=O) groups is 1. The van der Waals surface area contributed by atoms with Crippen molar-refractivity contribution in [3.63, 3.8) is 0 Å². The van der Waals surface area contributed by atoms with Gasteiger partial charge in [-0.15, -0.1) is 0 Å². The first kappa shape index (κ1) is 14.1. The van der Waals surface area contributed by atoms with Crippen molar-refractivity contribution in [2.45, 2.75) is 37.5 Å². The molecule has 1 aromatic rings. The molecule has 1 saturated heterocycles. The summed E-state index contributed by atoms with van der Waals surface area (Å²) in [6.07, 6.45) is 3.33. The van der Waals surface area contributed by atoms with Crippen LogP contribution in [0.4, 0.5) is 0 Å². The Morgan fingerprint density at radius 3 is 2.67 bits per heavy atom. The van der Waals surface area contributed by atoms with Gasteiger partial charge >= 0.3 is 0 Å². The van der Waals surface area contributed by atoms with Crippen LogP contribution in [0.25, 0.3) is 0 Å². The molecule has 0 atom stereocenters. The minimum Gasteiger partial charge on any atom is -0.349 e. The molecule has 1 amide bonds. The zero-order valence-electron chi connectivity index (χ0n) is 11.8. The number of hydrogen-bond acceptors (Lipinski definition) is 4. The fourth-order valence-electron chi connectivity index (χ4n) is 2.99. The van der Waals surface area contributed by atoms with Crippen LogP contribution < -0.4 is 5.32 Å². The topological polar surface area (TPSA) is 71.4 Å². The van der Waals surface area contributed by atoms with Crippen LogP contribution in [0.5, 0.6) is 0 Å². The quantitative estimate of drug-likeness (QED) is 0.902. The summed E-state index contributed by atoms with van der Waals surface area (Å²) in [6.45, 7) is 1.33. The average molecular weight is 286 g/mol. The summed E-state index contributed by atoms with van der Waals surface area (Å²) >= 11 is 0. The van der Waals surface area contributed by atoms with Crippen molar-refractivity contribution in [2.75, 3.05) is 13.2 Å². The number of benzene rings is 1. The number of nitrogens with zero attached hydrogens (tertiary/aromatic N) is 1. The standard InChI is InChI=1S/C16H18N2O3/c17-11-12-2-1-3-13(10-12)15(19)18-14-4-6-16(7-5-14)20-8-9-21-16/h1-3,10,14H,4-9H2,(H,18,19). The van der Waals surface area contributed by atoms with Crippen molar-refractivity contribution in [1.82, 2.24) is 5.32 Å². The van der Waals surface area contributed by atoms with Crippen LogP contribution >= 0.6 is 0 Å². The maximum Gasteiger partial charge on any atom is 0.251 e. The SMILES string of the molecule is N#Cc1cccc(C(=O)NC2CCC3(CC2)OCCO3)c1. The second-order valence-corrected chi connectivity index (χ2v) is 5.55. The number of carbonyl (C=O) groups excluding carboxylic acids is 1. The van der Waals surface area contributed by atoms with Gasteiger partial charge in [-0.05, 0) is 31.0 Å². The van der Waals surface area contributed by atoms with Crippen LogP contribution in [0.1, 0.15) is 41.6 Å². The van der Waals surface area contributed by atoms with Crippen molar-refractivity contribution in [1.29, 1.82) is 5.26 Å². The Morgan fingerprint density at radius 1 is 1.29 bits per heavy atom. The Morgan fingerprint density at radius 2 is 2.00 bits per heavy atom. The summed E-state index contributed by atoms with van der Waals surface area (Å²) in [5.74, 6) is -0.525. The van der Waals surface area contributed by atoms with Gasteiger partial charge in [0.1, 0.15) is 0 Å². The molecule has 0 bridgehead atoms. The van der Waals surface area contributed by atoms with E-state index in [0.717, 1.165) is 25.7 Å². The van der Waals surface area contributed by atoms with Gasteiger partial charge in [-0.1, -0.05) is 6.07 Å². The summed E-state index contributed by atoms with van der Waals surface area (Å²) in [7, 11) is 0. The summed E-state index contributed by atoms with van der Waals surface area (Å²) in [5.41, 5.74) is 1.03. The Balaban J connectivity index is 1.57. The highest BCUT2D eigenvalue weighted by molar-refractivity contribution is 5.94. The molecule has 0 radical (unpaired) electrons. The van der Waals surface area contributed by atoms with E-state index >= 15 is 0 Å². The second kappa shape index (κ2) is 5.84. The maximum absolute atomic E-state index is 12.2. The van der Waals surface area contributed by atoms with Gasteiger partial charge in [0.05, 0.1) is 24.8 Å². The summed E-state index contributed by atoms with van der Waals surface area (Å²) in [6, 6.07) is 8.94. The number of amides is 1. The fraction of sp³-hybridized carbons (Fsp3) is 0.500. The van der Waals surface area contributed by atoms with Crippen molar-refractivity contribution < 1.29 is 14.3 Å². The lowest BCUT2D eigenvalue weighted by molar-refractivity contribution is -0.179. The van der Waals surface area contributed by atoms with Gasteiger partial charge in [0.25, 0.3) is 5.91 Å². The molecule has 0 unspecified atom stereocenters. The third kappa shape index (κ3) is 3.07. The van der Waals surface area contributed by atoms with Crippen LogP contribution in [0.2, 0.25) is 0 Å². The van der Waals surface area contributed by atoms with E-state index in [1.54, 1.807) is 24.3 Å². The Kier molecular flexibility index (Phi) is 3.91. The number of nitrogens with one attached hydrogen (secondary N) is 1. The van der Waals surface area contributed by atoms with Gasteiger partial charge in [-0.25, -0.2) is 0 Å². The van der Waals surface area contributed by atoms with E-state index in [4.69, 9.17) is 14.7 Å². The smallest absolute Gasteiger partial charge is 0.251 e. The van der Waals surface area contributed by atoms with Crippen LogP contribution in [0, 0.1) is 11.3 Å². The predicted molar refractivity (Wildman–Crippen MR) is 75.5 cm³/mol. The lowest BCUT2D eigenvalue weighted by Gasteiger charge is -2.35. The van der Waals surface area contributed by atoms with Gasteiger partial charge < -0.3 is 14.8 Å². The zero-order chi connectivity index (χ0) is 14.7. The monoisotopic (exact) mass is 286 g/mol. The zero-order valence-corrected chi connectivity index (χ0v) is 11.8. The molecule has 1 aliphatic carbocycles. The number of rotatable bonds is 2. The summed E-state index contributed by atoms with van der Waals surface area (Å²) in [4.78, 5) is 12.2. The molecular weight excluding hydrogens is 268 g/mol. The highest BCUT2D eigenvalue weighted by Gasteiger charge is 2.40. The number of hydrogen-bond donors (Lipinski definition) is 1. The van der Waals surface area contributed by atoms with Gasteiger partial charge in [0.2, 0.25) is 0 Å². The molecule has 1 saturated carbocycles. The maximum atomic E-state index is 12.2. The van der Waals surface area contributed by atoms with E-state index in [-0.39, 0.29) is 11.9 Å². The highest BCUT2D eigenvalue weighted by atomic mass is 16.7. The summed E-state index contributed by atoms with van der Waals surface area (Å²) < 4.78 is 11.4. The van der Waals surface area contributed by atoms with Crippen LogP contribution in [-0.2, 0) is 9.47 Å². The molecule has 1 aliphatic heterocycles. The first-order valence-electron chi connectivity index (χ1n) is 7.30. The van der Waals surface area contributed by atoms with E-state index < -0.39 is 5.79 Å². The predicted octanol–water partition coefficient (Wildman–Crippen LogP) is 1.97. The molecule has 1 aromatic carbocycles. The van der Waals surface area contributed by atoms with Crippen LogP contribution in [0.15, 0.2) is 24.3 Å². The molecule has 2 aliphatic rings. The molecule has 1 N–H and O–H groups in total. The Hall–Kier alpha value is -1.90. The molecule has 3 rings (SSSR count). The first-order chi connectivity index (χ1) is 10.2. The van der Waals surface area contributed by atoms with Gasteiger partial charge in [-0.2, -0.15) is 5.26 Å². The average Bonchev–Trinajstić information content (AvgIpc) is 2.98. The molecule has 2 fully saturated rings. The molecule has 5 heteroatoms. The molecule has 0 aromatic heterocycles. The highest BCUT2D eigenvalue weighted by Crippen LogP contribution is 2.35. The van der Waals surface area contributed by atoms with E-state index in [0.29, 0.717) is 24.3 Å². The second-order valence-electron chi connectivity index (χ2n) is 5.55. The lowest BCUT2D eigenvalue weighted by Crippen LogP contribution is -2.44. The first-order valence-corrected chi connectivity index (χ1v) is 7.30. The Labute approximate surface area is 123 Å². The van der Waals surface area contributed by atoms with Crippen LogP contribution in [0.3, 0.4) is 0 Å². The third-order valence-electron chi connectivity index (χ3n) is 4.15.